The summed E-state index contributed by atoms with van der Waals surface area (Å²) in [4.78, 5) is 24.0. The van der Waals surface area contributed by atoms with Crippen molar-refractivity contribution in [3.8, 4) is 0 Å². The second-order valence-electron chi connectivity index (χ2n) is 6.79. The number of carbonyl (C=O) groups excluding carboxylic acids is 2. The molecule has 22 heavy (non-hydrogen) atoms. The van der Waals surface area contributed by atoms with Gasteiger partial charge < -0.3 is 15.8 Å². The van der Waals surface area contributed by atoms with Gasteiger partial charge in [-0.25, -0.2) is 4.79 Å². The maximum absolute atomic E-state index is 12.1. The molecule has 0 fully saturated rings. The molecular weight excluding hydrogens is 284 g/mol. The van der Waals surface area contributed by atoms with Crippen molar-refractivity contribution in [1.82, 2.24) is 9.78 Å². The molecule has 1 rings (SSSR count). The average molecular weight is 310 g/mol. The van der Waals surface area contributed by atoms with Crippen molar-refractivity contribution in [3.05, 3.63) is 12.4 Å². The van der Waals surface area contributed by atoms with Crippen LogP contribution in [0, 0.1) is 5.41 Å². The molecule has 0 aliphatic carbocycles. The first-order valence-electron chi connectivity index (χ1n) is 7.29. The zero-order valence-corrected chi connectivity index (χ0v) is 14.1. The molecular formula is C15H26N4O3. The van der Waals surface area contributed by atoms with Crippen molar-refractivity contribution in [2.45, 2.75) is 53.1 Å². The topological polar surface area (TPSA) is 99.2 Å². The molecule has 0 aliphatic rings. The number of hydrogen-bond donors (Lipinski definition) is 2. The number of aromatic nitrogens is 2. The minimum absolute atomic E-state index is 0.291. The standard InChI is InChI=1S/C15H26N4O3/c1-7-22-13(21)15(5,6)19-9-10(8-17-19)18-12(20)11(16)14(2,3)4/h8-9,11H,7,16H2,1-6H3,(H,18,20)/t11-/m1/s1. The normalized spacial score (nSPS) is 13.6. The predicted octanol–water partition coefficient (Wildman–Crippen LogP) is 1.49. The highest BCUT2D eigenvalue weighted by Crippen LogP contribution is 2.21. The Morgan fingerprint density at radius 1 is 1.36 bits per heavy atom. The molecule has 0 radical (unpaired) electrons. The Morgan fingerprint density at radius 2 is 1.95 bits per heavy atom. The third kappa shape index (κ3) is 4.07. The zero-order valence-electron chi connectivity index (χ0n) is 14.1. The van der Waals surface area contributed by atoms with E-state index in [1.165, 1.54) is 10.9 Å². The van der Waals surface area contributed by atoms with E-state index in [4.69, 9.17) is 10.5 Å². The molecule has 1 aromatic rings. The van der Waals surface area contributed by atoms with Crippen molar-refractivity contribution in [1.29, 1.82) is 0 Å². The lowest BCUT2D eigenvalue weighted by Gasteiger charge is -2.25. The molecule has 3 N–H and O–H groups in total. The lowest BCUT2D eigenvalue weighted by molar-refractivity contribution is -0.152. The summed E-state index contributed by atoms with van der Waals surface area (Å²) < 4.78 is 6.49. The SMILES string of the molecule is CCOC(=O)C(C)(C)n1cc(NC(=O)[C@@H](N)C(C)(C)C)cn1. The highest BCUT2D eigenvalue weighted by molar-refractivity contribution is 5.95. The van der Waals surface area contributed by atoms with Crippen molar-refractivity contribution in [2.24, 2.45) is 11.1 Å². The van der Waals surface area contributed by atoms with Gasteiger partial charge in [0.15, 0.2) is 5.54 Å². The van der Waals surface area contributed by atoms with Gasteiger partial charge in [-0.2, -0.15) is 5.10 Å². The van der Waals surface area contributed by atoms with E-state index in [2.05, 4.69) is 10.4 Å². The third-order valence-corrected chi connectivity index (χ3v) is 3.41. The van der Waals surface area contributed by atoms with Crippen molar-refractivity contribution in [3.63, 3.8) is 0 Å². The van der Waals surface area contributed by atoms with Crippen LogP contribution in [0.5, 0.6) is 0 Å². The molecule has 7 nitrogen and oxygen atoms in total. The summed E-state index contributed by atoms with van der Waals surface area (Å²) in [5.74, 6) is -0.677. The smallest absolute Gasteiger partial charge is 0.333 e. The number of nitrogens with two attached hydrogens (primary N) is 1. The second-order valence-corrected chi connectivity index (χ2v) is 6.79. The van der Waals surface area contributed by atoms with Crippen LogP contribution in [0.2, 0.25) is 0 Å². The van der Waals surface area contributed by atoms with Crippen LogP contribution in [0.3, 0.4) is 0 Å². The lowest BCUT2D eigenvalue weighted by Crippen LogP contribution is -2.45. The minimum Gasteiger partial charge on any atom is -0.464 e. The van der Waals surface area contributed by atoms with E-state index in [0.717, 1.165) is 0 Å². The zero-order chi connectivity index (χ0) is 17.1. The van der Waals surface area contributed by atoms with Gasteiger partial charge in [-0.15, -0.1) is 0 Å². The first kappa shape index (κ1) is 18.2. The van der Waals surface area contributed by atoms with Gasteiger partial charge in [-0.3, -0.25) is 9.48 Å². The summed E-state index contributed by atoms with van der Waals surface area (Å²) in [6, 6.07) is -0.645. The summed E-state index contributed by atoms with van der Waals surface area (Å²) in [6.07, 6.45) is 3.07. The molecule has 0 saturated heterocycles. The molecule has 1 heterocycles. The van der Waals surface area contributed by atoms with Crippen LogP contribution >= 0.6 is 0 Å². The first-order valence-corrected chi connectivity index (χ1v) is 7.29. The van der Waals surface area contributed by atoms with E-state index in [-0.39, 0.29) is 17.3 Å². The fourth-order valence-electron chi connectivity index (χ4n) is 1.71. The molecule has 1 aromatic heterocycles. The third-order valence-electron chi connectivity index (χ3n) is 3.41. The van der Waals surface area contributed by atoms with Crippen LogP contribution in [0.1, 0.15) is 41.5 Å². The van der Waals surface area contributed by atoms with Gasteiger partial charge in [0.05, 0.1) is 24.5 Å². The molecule has 0 aromatic carbocycles. The van der Waals surface area contributed by atoms with Gasteiger partial charge in [0.1, 0.15) is 0 Å². The molecule has 124 valence electrons. The van der Waals surface area contributed by atoms with Crippen LogP contribution in [0.4, 0.5) is 5.69 Å². The molecule has 0 bridgehead atoms. The number of ether oxygens (including phenoxy) is 1. The summed E-state index contributed by atoms with van der Waals surface area (Å²) >= 11 is 0. The van der Waals surface area contributed by atoms with E-state index >= 15 is 0 Å². The van der Waals surface area contributed by atoms with Crippen molar-refractivity contribution < 1.29 is 14.3 Å². The van der Waals surface area contributed by atoms with E-state index in [0.29, 0.717) is 12.3 Å². The van der Waals surface area contributed by atoms with Crippen LogP contribution in [0.15, 0.2) is 12.4 Å². The van der Waals surface area contributed by atoms with Gasteiger partial charge >= 0.3 is 5.97 Å². The Balaban J connectivity index is 2.85. The van der Waals surface area contributed by atoms with Crippen molar-refractivity contribution in [2.75, 3.05) is 11.9 Å². The number of rotatable bonds is 5. The number of amides is 1. The number of esters is 1. The Hall–Kier alpha value is -1.89. The van der Waals surface area contributed by atoms with Crippen LogP contribution in [-0.4, -0.2) is 34.3 Å². The van der Waals surface area contributed by atoms with Crippen LogP contribution in [0.25, 0.3) is 0 Å². The van der Waals surface area contributed by atoms with E-state index in [1.54, 1.807) is 27.0 Å². The molecule has 0 spiro atoms. The monoisotopic (exact) mass is 310 g/mol. The van der Waals surface area contributed by atoms with E-state index in [9.17, 15) is 9.59 Å². The van der Waals surface area contributed by atoms with Gasteiger partial charge in [0.25, 0.3) is 0 Å². The highest BCUT2D eigenvalue weighted by atomic mass is 16.5. The Morgan fingerprint density at radius 3 is 2.45 bits per heavy atom. The number of carbonyl (C=O) groups is 2. The van der Waals surface area contributed by atoms with Gasteiger partial charge in [0.2, 0.25) is 5.91 Å². The largest absolute Gasteiger partial charge is 0.464 e. The second kappa shape index (κ2) is 6.48. The van der Waals surface area contributed by atoms with Crippen LogP contribution in [-0.2, 0) is 19.9 Å². The maximum Gasteiger partial charge on any atom is 0.333 e. The fourth-order valence-corrected chi connectivity index (χ4v) is 1.71. The molecule has 1 amide bonds. The van der Waals surface area contributed by atoms with Crippen molar-refractivity contribution >= 4 is 17.6 Å². The summed E-state index contributed by atoms with van der Waals surface area (Å²) in [5, 5.41) is 6.84. The number of anilines is 1. The quantitative estimate of drug-likeness (QED) is 0.803. The number of nitrogens with zero attached hydrogens (tertiary/aromatic N) is 2. The average Bonchev–Trinajstić information content (AvgIpc) is 2.86. The van der Waals surface area contributed by atoms with E-state index < -0.39 is 11.6 Å². The molecule has 0 aliphatic heterocycles. The number of hydrogen-bond acceptors (Lipinski definition) is 5. The molecule has 7 heteroatoms. The van der Waals surface area contributed by atoms with Gasteiger partial charge in [-0.05, 0) is 26.2 Å². The summed E-state index contributed by atoms with van der Waals surface area (Å²) in [6.45, 7) is 11.1. The maximum atomic E-state index is 12.1. The first-order chi connectivity index (χ1) is 10.00. The molecule has 0 unspecified atom stereocenters. The fraction of sp³-hybridized carbons (Fsp3) is 0.667. The van der Waals surface area contributed by atoms with E-state index in [1.807, 2.05) is 20.8 Å². The predicted molar refractivity (Wildman–Crippen MR) is 84.2 cm³/mol. The van der Waals surface area contributed by atoms with Gasteiger partial charge in [-0.1, -0.05) is 20.8 Å². The Labute approximate surface area is 131 Å². The Kier molecular flexibility index (Phi) is 5.35. The minimum atomic E-state index is -0.953. The Bertz CT molecular complexity index is 543. The summed E-state index contributed by atoms with van der Waals surface area (Å²) in [7, 11) is 0. The highest BCUT2D eigenvalue weighted by Gasteiger charge is 2.33. The van der Waals surface area contributed by atoms with Gasteiger partial charge in [0, 0.05) is 6.20 Å². The molecule has 0 saturated carbocycles. The molecule has 1 atom stereocenters. The van der Waals surface area contributed by atoms with Crippen LogP contribution < -0.4 is 11.1 Å². The lowest BCUT2D eigenvalue weighted by atomic mass is 9.87. The number of nitrogens with one attached hydrogen (secondary N) is 1. The summed E-state index contributed by atoms with van der Waals surface area (Å²) in [5.41, 5.74) is 5.10.